The van der Waals surface area contributed by atoms with Gasteiger partial charge in [-0.25, -0.2) is 8.60 Å². The number of aromatic nitrogens is 1. The number of H-pyrrole nitrogens is 1. The van der Waals surface area contributed by atoms with Gasteiger partial charge in [-0.3, -0.25) is 9.52 Å². The van der Waals surface area contributed by atoms with E-state index in [2.05, 4.69) is 28.8 Å². The van der Waals surface area contributed by atoms with E-state index in [-0.39, 0.29) is 11.7 Å². The molecule has 4 aromatic rings. The SMILES string of the molecule is CCCCc1ccc(-c2ccc3c4c([nH]c3c2F)-c2ccc(C(=O)NS(C)=O)cc2CC4)cc1. The summed E-state index contributed by atoms with van der Waals surface area (Å²) in [6.45, 7) is 2.18. The Morgan fingerprint density at radius 3 is 2.56 bits per heavy atom. The molecule has 174 valence electrons. The topological polar surface area (TPSA) is 62.0 Å². The minimum atomic E-state index is -1.42. The number of unbranched alkanes of at least 4 members (excludes halogenated alkanes) is 1. The third-order valence-corrected chi connectivity index (χ3v) is 7.09. The van der Waals surface area contributed by atoms with Gasteiger partial charge in [0.15, 0.2) is 5.82 Å². The van der Waals surface area contributed by atoms with Crippen LogP contribution in [0.2, 0.25) is 0 Å². The maximum atomic E-state index is 15.7. The van der Waals surface area contributed by atoms with Gasteiger partial charge in [0.05, 0.1) is 11.2 Å². The smallest absolute Gasteiger partial charge is 0.262 e. The van der Waals surface area contributed by atoms with Crippen LogP contribution in [-0.4, -0.2) is 21.4 Å². The molecule has 6 heteroatoms. The van der Waals surface area contributed by atoms with Crippen molar-refractivity contribution >= 4 is 27.8 Å². The maximum absolute atomic E-state index is 15.7. The summed E-state index contributed by atoms with van der Waals surface area (Å²) in [5, 5.41) is 0.907. The van der Waals surface area contributed by atoms with E-state index in [9.17, 15) is 9.00 Å². The monoisotopic (exact) mass is 474 g/mol. The van der Waals surface area contributed by atoms with Crippen LogP contribution in [0.15, 0.2) is 54.6 Å². The summed E-state index contributed by atoms with van der Waals surface area (Å²) < 4.78 is 29.5. The second-order valence-electron chi connectivity index (χ2n) is 8.89. The van der Waals surface area contributed by atoms with Gasteiger partial charge in [-0.05, 0) is 60.1 Å². The molecule has 0 radical (unpaired) electrons. The molecule has 0 spiro atoms. The molecule has 1 unspecified atom stereocenters. The average molecular weight is 475 g/mol. The lowest BCUT2D eigenvalue weighted by molar-refractivity contribution is 0.0983. The lowest BCUT2D eigenvalue weighted by Crippen LogP contribution is -2.24. The summed E-state index contributed by atoms with van der Waals surface area (Å²) in [5.74, 6) is -0.598. The Hall–Kier alpha value is -3.25. The molecule has 3 aromatic carbocycles. The van der Waals surface area contributed by atoms with Crippen LogP contribution in [0.3, 0.4) is 0 Å². The van der Waals surface area contributed by atoms with Crippen LogP contribution in [0.25, 0.3) is 33.3 Å². The van der Waals surface area contributed by atoms with Crippen molar-refractivity contribution in [1.82, 2.24) is 9.71 Å². The van der Waals surface area contributed by atoms with Gasteiger partial charge < -0.3 is 4.98 Å². The number of benzene rings is 3. The van der Waals surface area contributed by atoms with E-state index < -0.39 is 11.0 Å². The van der Waals surface area contributed by atoms with Crippen LogP contribution >= 0.6 is 0 Å². The summed E-state index contributed by atoms with van der Waals surface area (Å²) in [6.07, 6.45) is 6.30. The zero-order valence-electron chi connectivity index (χ0n) is 19.3. The summed E-state index contributed by atoms with van der Waals surface area (Å²) in [4.78, 5) is 15.6. The quantitative estimate of drug-likeness (QED) is 0.354. The first-order valence-electron chi connectivity index (χ1n) is 11.7. The number of carbonyl (C=O) groups is 1. The van der Waals surface area contributed by atoms with E-state index in [0.717, 1.165) is 65.4 Å². The number of rotatable bonds is 6. The third kappa shape index (κ3) is 4.07. The Bertz CT molecular complexity index is 1420. The Kier molecular flexibility index (Phi) is 6.09. The second kappa shape index (κ2) is 9.18. The molecule has 1 aromatic heterocycles. The Labute approximate surface area is 201 Å². The molecule has 1 heterocycles. The van der Waals surface area contributed by atoms with E-state index in [1.807, 2.05) is 36.4 Å². The lowest BCUT2D eigenvalue weighted by atomic mass is 9.87. The number of nitrogens with one attached hydrogen (secondary N) is 2. The molecule has 0 bridgehead atoms. The van der Waals surface area contributed by atoms with Crippen molar-refractivity contribution in [3.05, 3.63) is 82.7 Å². The first kappa shape index (κ1) is 22.5. The number of halogens is 1. The molecule has 0 fully saturated rings. The predicted octanol–water partition coefficient (Wildman–Crippen LogP) is 6.11. The van der Waals surface area contributed by atoms with Gasteiger partial charge in [-0.1, -0.05) is 55.8 Å². The van der Waals surface area contributed by atoms with Gasteiger partial charge in [0.25, 0.3) is 5.91 Å². The number of hydrogen-bond donors (Lipinski definition) is 2. The van der Waals surface area contributed by atoms with Gasteiger partial charge >= 0.3 is 0 Å². The molecular weight excluding hydrogens is 447 g/mol. The van der Waals surface area contributed by atoms with Crippen LogP contribution in [0, 0.1) is 5.82 Å². The van der Waals surface area contributed by atoms with Crippen molar-refractivity contribution in [2.75, 3.05) is 6.26 Å². The summed E-state index contributed by atoms with van der Waals surface area (Å²) in [5.41, 5.74) is 7.76. The fourth-order valence-corrected chi connectivity index (χ4v) is 5.24. The number of carbonyl (C=O) groups excluding carboxylic acids is 1. The standard InChI is InChI=1S/C28H27FN2O2S/c1-3-4-5-17-6-8-18(9-7-17)21-14-15-24-23-13-10-19-16-20(28(32)31-34(2)33)11-12-22(19)26(23)30-27(24)25(21)29/h6-9,11-12,14-16,30H,3-5,10,13H2,1-2H3,(H,31,32). The molecule has 4 nitrogen and oxygen atoms in total. The van der Waals surface area contributed by atoms with Crippen LogP contribution in [0.5, 0.6) is 0 Å². The minimum Gasteiger partial charge on any atom is -0.352 e. The zero-order chi connectivity index (χ0) is 23.8. The molecule has 0 saturated heterocycles. The van der Waals surface area contributed by atoms with Crippen LogP contribution in [0.4, 0.5) is 4.39 Å². The fourth-order valence-electron chi connectivity index (χ4n) is 4.86. The van der Waals surface area contributed by atoms with Crippen LogP contribution < -0.4 is 4.72 Å². The first-order valence-corrected chi connectivity index (χ1v) is 13.2. The van der Waals surface area contributed by atoms with Crippen molar-refractivity contribution in [2.24, 2.45) is 0 Å². The van der Waals surface area contributed by atoms with Crippen molar-refractivity contribution in [3.63, 3.8) is 0 Å². The van der Waals surface area contributed by atoms with Crippen molar-refractivity contribution in [3.8, 4) is 22.4 Å². The van der Waals surface area contributed by atoms with Gasteiger partial charge in [0.1, 0.15) is 11.0 Å². The van der Waals surface area contributed by atoms with Crippen LogP contribution in [-0.2, 0) is 30.2 Å². The fraction of sp³-hybridized carbons (Fsp3) is 0.250. The van der Waals surface area contributed by atoms with Crippen molar-refractivity contribution in [1.29, 1.82) is 0 Å². The number of aromatic amines is 1. The highest BCUT2D eigenvalue weighted by atomic mass is 32.2. The minimum absolute atomic E-state index is 0.240. The van der Waals surface area contributed by atoms with Gasteiger partial charge in [-0.2, -0.15) is 0 Å². The molecule has 1 atom stereocenters. The Morgan fingerprint density at radius 2 is 1.82 bits per heavy atom. The summed E-state index contributed by atoms with van der Waals surface area (Å²) >= 11 is 0. The third-order valence-electron chi connectivity index (χ3n) is 6.62. The van der Waals surface area contributed by atoms with Gasteiger partial charge in [0.2, 0.25) is 0 Å². The van der Waals surface area contributed by atoms with Gasteiger partial charge in [-0.15, -0.1) is 0 Å². The molecule has 34 heavy (non-hydrogen) atoms. The molecule has 0 aliphatic heterocycles. The van der Waals surface area contributed by atoms with E-state index in [1.165, 1.54) is 11.8 Å². The first-order chi connectivity index (χ1) is 16.5. The molecule has 2 N–H and O–H groups in total. The summed E-state index contributed by atoms with van der Waals surface area (Å²) in [6, 6.07) is 17.5. The highest BCUT2D eigenvalue weighted by Crippen LogP contribution is 2.40. The largest absolute Gasteiger partial charge is 0.352 e. The Morgan fingerprint density at radius 1 is 1.06 bits per heavy atom. The highest BCUT2D eigenvalue weighted by molar-refractivity contribution is 7.82. The van der Waals surface area contributed by atoms with E-state index >= 15 is 4.39 Å². The van der Waals surface area contributed by atoms with E-state index in [4.69, 9.17) is 0 Å². The van der Waals surface area contributed by atoms with Crippen molar-refractivity contribution in [2.45, 2.75) is 39.0 Å². The Balaban J connectivity index is 1.52. The number of amides is 1. The highest BCUT2D eigenvalue weighted by Gasteiger charge is 2.24. The maximum Gasteiger partial charge on any atom is 0.262 e. The van der Waals surface area contributed by atoms with Crippen molar-refractivity contribution < 1.29 is 13.4 Å². The number of aryl methyl sites for hydroxylation is 3. The zero-order valence-corrected chi connectivity index (χ0v) is 20.2. The molecule has 5 rings (SSSR count). The molecule has 1 amide bonds. The summed E-state index contributed by atoms with van der Waals surface area (Å²) in [7, 11) is -1.42. The second-order valence-corrected chi connectivity index (χ2v) is 10.00. The van der Waals surface area contributed by atoms with E-state index in [0.29, 0.717) is 16.6 Å². The number of hydrogen-bond acceptors (Lipinski definition) is 2. The lowest BCUT2D eigenvalue weighted by Gasteiger charge is -2.17. The number of fused-ring (bicyclic) bond motifs is 5. The average Bonchev–Trinajstić information content (AvgIpc) is 3.23. The van der Waals surface area contributed by atoms with E-state index in [1.54, 1.807) is 6.07 Å². The molecule has 1 aliphatic rings. The molecule has 1 aliphatic carbocycles. The normalized spacial score (nSPS) is 13.4. The van der Waals surface area contributed by atoms with Crippen LogP contribution in [0.1, 0.15) is 46.8 Å². The predicted molar refractivity (Wildman–Crippen MR) is 137 cm³/mol. The molecular formula is C28H27FN2O2S. The molecule has 0 saturated carbocycles. The van der Waals surface area contributed by atoms with Gasteiger partial charge in [0, 0.05) is 28.3 Å².